The van der Waals surface area contributed by atoms with Gasteiger partial charge in [-0.15, -0.1) is 21.5 Å². The average molecular weight is 514 g/mol. The minimum atomic E-state index is -0.967. The largest absolute Gasteiger partial charge is 0.432 e. The molecule has 1 unspecified atom stereocenters. The first-order valence-corrected chi connectivity index (χ1v) is 12.5. The first kappa shape index (κ1) is 23.7. The van der Waals surface area contributed by atoms with Gasteiger partial charge >= 0.3 is 5.97 Å². The maximum atomic E-state index is 12.7. The number of fused-ring (bicyclic) bond motifs is 3. The highest BCUT2D eigenvalue weighted by Crippen LogP contribution is 2.38. The van der Waals surface area contributed by atoms with Crippen molar-refractivity contribution in [2.45, 2.75) is 32.9 Å². The lowest BCUT2D eigenvalue weighted by Crippen LogP contribution is -2.40. The first-order chi connectivity index (χ1) is 16.9. The summed E-state index contributed by atoms with van der Waals surface area (Å²) in [5.74, 6) is 0.704. The topological polar surface area (TPSA) is 98.9 Å². The maximum Gasteiger partial charge on any atom is 0.304 e. The van der Waals surface area contributed by atoms with Gasteiger partial charge in [0.1, 0.15) is 10.8 Å². The van der Waals surface area contributed by atoms with Gasteiger partial charge < -0.3 is 14.4 Å². The van der Waals surface area contributed by atoms with Gasteiger partial charge in [0.25, 0.3) is 6.23 Å². The van der Waals surface area contributed by atoms with Crippen LogP contribution in [0.25, 0.3) is 5.00 Å². The highest BCUT2D eigenvalue weighted by molar-refractivity contribution is 7.15. The predicted molar refractivity (Wildman–Crippen MR) is 131 cm³/mol. The molecular formula is C24H24ClN5O4S. The van der Waals surface area contributed by atoms with Crippen LogP contribution in [0.15, 0.2) is 35.3 Å². The van der Waals surface area contributed by atoms with Crippen molar-refractivity contribution in [2.24, 2.45) is 4.99 Å². The van der Waals surface area contributed by atoms with Gasteiger partial charge in [-0.25, -0.2) is 4.99 Å². The molecule has 2 aliphatic heterocycles. The van der Waals surface area contributed by atoms with Crippen LogP contribution in [0.2, 0.25) is 5.02 Å². The van der Waals surface area contributed by atoms with E-state index in [1.54, 1.807) is 17.4 Å². The molecule has 5 rings (SSSR count). The summed E-state index contributed by atoms with van der Waals surface area (Å²) in [4.78, 5) is 32.3. The Balaban J connectivity index is 1.56. The van der Waals surface area contributed by atoms with E-state index in [9.17, 15) is 9.59 Å². The molecule has 0 aliphatic carbocycles. The molecule has 182 valence electrons. The van der Waals surface area contributed by atoms with Crippen LogP contribution in [-0.2, 0) is 25.5 Å². The molecule has 2 aromatic heterocycles. The number of esters is 1. The summed E-state index contributed by atoms with van der Waals surface area (Å²) >= 11 is 8.11. The van der Waals surface area contributed by atoms with E-state index < -0.39 is 12.2 Å². The molecule has 0 spiro atoms. The van der Waals surface area contributed by atoms with E-state index >= 15 is 0 Å². The third kappa shape index (κ3) is 4.73. The van der Waals surface area contributed by atoms with Crippen LogP contribution in [0, 0.1) is 6.92 Å². The minimum Gasteiger partial charge on any atom is -0.432 e. The summed E-state index contributed by atoms with van der Waals surface area (Å²) in [5, 5.41) is 9.87. The molecule has 4 heterocycles. The van der Waals surface area contributed by atoms with Gasteiger partial charge in [0.05, 0.1) is 18.9 Å². The molecule has 2 aliphatic rings. The van der Waals surface area contributed by atoms with Gasteiger partial charge in [0.15, 0.2) is 0 Å². The molecule has 1 fully saturated rings. The second-order valence-electron chi connectivity index (χ2n) is 8.28. The number of carbonyl (C=O) groups excluding carboxylic acids is 2. The smallest absolute Gasteiger partial charge is 0.304 e. The summed E-state index contributed by atoms with van der Waals surface area (Å²) in [5.41, 5.74) is 2.15. The van der Waals surface area contributed by atoms with Gasteiger partial charge in [0, 0.05) is 47.5 Å². The third-order valence-electron chi connectivity index (χ3n) is 5.89. The Morgan fingerprint density at radius 2 is 1.97 bits per heavy atom. The number of aromatic nitrogens is 3. The Labute approximate surface area is 211 Å². The van der Waals surface area contributed by atoms with Crippen molar-refractivity contribution in [1.29, 1.82) is 0 Å². The van der Waals surface area contributed by atoms with E-state index in [-0.39, 0.29) is 5.91 Å². The second kappa shape index (κ2) is 9.88. The molecule has 0 bridgehead atoms. The van der Waals surface area contributed by atoms with Crippen molar-refractivity contribution in [2.75, 3.05) is 26.3 Å². The zero-order chi connectivity index (χ0) is 24.5. The third-order valence-corrected chi connectivity index (χ3v) is 7.40. The van der Waals surface area contributed by atoms with E-state index in [1.165, 1.54) is 6.92 Å². The molecule has 1 amide bonds. The number of aliphatic imine (C=N–C) groups is 1. The van der Waals surface area contributed by atoms with Gasteiger partial charge in [-0.05, 0) is 25.5 Å². The number of rotatable bonds is 5. The monoisotopic (exact) mass is 513 g/mol. The number of carbonyl (C=O) groups is 2. The van der Waals surface area contributed by atoms with Gasteiger partial charge in [0.2, 0.25) is 11.7 Å². The number of amides is 1. The summed E-state index contributed by atoms with van der Waals surface area (Å²) < 4.78 is 12.8. The van der Waals surface area contributed by atoms with E-state index in [4.69, 9.17) is 26.1 Å². The molecule has 0 radical (unpaired) electrons. The minimum absolute atomic E-state index is 0.118. The van der Waals surface area contributed by atoms with Gasteiger partial charge in [-0.1, -0.05) is 29.8 Å². The average Bonchev–Trinajstić information content (AvgIpc) is 3.41. The Morgan fingerprint density at radius 3 is 2.71 bits per heavy atom. The number of aryl methyl sites for hydroxylation is 2. The number of thiophene rings is 1. The molecule has 1 atom stereocenters. The molecule has 1 saturated heterocycles. The lowest BCUT2D eigenvalue weighted by Gasteiger charge is -2.26. The number of hydrogen-bond donors (Lipinski definition) is 0. The lowest BCUT2D eigenvalue weighted by atomic mass is 10.0. The zero-order valence-corrected chi connectivity index (χ0v) is 20.9. The van der Waals surface area contributed by atoms with E-state index in [0.717, 1.165) is 21.0 Å². The van der Waals surface area contributed by atoms with Crippen LogP contribution in [0.1, 0.15) is 47.2 Å². The number of ether oxygens (including phenoxy) is 2. The summed E-state index contributed by atoms with van der Waals surface area (Å²) in [6.45, 7) is 5.59. The van der Waals surface area contributed by atoms with Crippen LogP contribution in [0.4, 0.5) is 0 Å². The fourth-order valence-corrected chi connectivity index (χ4v) is 5.67. The highest BCUT2D eigenvalue weighted by Gasteiger charge is 2.32. The van der Waals surface area contributed by atoms with E-state index in [2.05, 4.69) is 10.2 Å². The van der Waals surface area contributed by atoms with E-state index in [1.807, 2.05) is 40.7 Å². The van der Waals surface area contributed by atoms with Crippen molar-refractivity contribution in [3.8, 4) is 5.00 Å². The quantitative estimate of drug-likeness (QED) is 0.484. The summed E-state index contributed by atoms with van der Waals surface area (Å²) in [6, 6.07) is 9.45. The fraction of sp³-hybridized carbons (Fsp3) is 0.375. The molecule has 9 nitrogen and oxygen atoms in total. The molecule has 3 aromatic rings. The summed E-state index contributed by atoms with van der Waals surface area (Å²) in [7, 11) is 0. The summed E-state index contributed by atoms with van der Waals surface area (Å²) in [6.07, 6.45) is 0.0289. The van der Waals surface area contributed by atoms with Crippen molar-refractivity contribution >= 4 is 40.5 Å². The standard InChI is InChI=1S/C24H24ClN5O4S/c1-14-27-28-22-23(34-15(2)31)26-21(17-5-3-4-6-19(17)25)18-13-16(35-24(18)30(14)22)7-8-20(32)29-9-11-33-12-10-29/h3-6,13,23H,7-12H2,1-2H3. The Bertz CT molecular complexity index is 1310. The van der Waals surface area contributed by atoms with Crippen molar-refractivity contribution in [3.05, 3.63) is 63.0 Å². The van der Waals surface area contributed by atoms with Crippen molar-refractivity contribution in [1.82, 2.24) is 19.7 Å². The Kier molecular flexibility index (Phi) is 6.68. The van der Waals surface area contributed by atoms with Crippen LogP contribution in [-0.4, -0.2) is 63.6 Å². The van der Waals surface area contributed by atoms with Crippen LogP contribution < -0.4 is 0 Å². The molecule has 0 saturated carbocycles. The zero-order valence-electron chi connectivity index (χ0n) is 19.4. The van der Waals surface area contributed by atoms with Gasteiger partial charge in [-0.3, -0.25) is 14.2 Å². The maximum absolute atomic E-state index is 12.7. The molecular weight excluding hydrogens is 490 g/mol. The van der Waals surface area contributed by atoms with Crippen LogP contribution in [0.3, 0.4) is 0 Å². The molecule has 0 N–H and O–H groups in total. The Morgan fingerprint density at radius 1 is 1.20 bits per heavy atom. The lowest BCUT2D eigenvalue weighted by molar-refractivity contribution is -0.146. The normalized spacial score (nSPS) is 17.3. The van der Waals surface area contributed by atoms with Crippen LogP contribution >= 0.6 is 22.9 Å². The SMILES string of the molecule is CC(=O)OC1N=C(c2ccccc2Cl)c2cc(CCC(=O)N3CCOCC3)sc2-n2c(C)nnc21. The number of morpholine rings is 1. The van der Waals surface area contributed by atoms with Gasteiger partial charge in [-0.2, -0.15) is 0 Å². The molecule has 1 aromatic carbocycles. The van der Waals surface area contributed by atoms with Crippen LogP contribution in [0.5, 0.6) is 0 Å². The number of nitrogens with zero attached hydrogens (tertiary/aromatic N) is 5. The molecule has 35 heavy (non-hydrogen) atoms. The van der Waals surface area contributed by atoms with Crippen molar-refractivity contribution in [3.63, 3.8) is 0 Å². The number of halogens is 1. The number of benzene rings is 1. The van der Waals surface area contributed by atoms with E-state index in [0.29, 0.717) is 61.5 Å². The fourth-order valence-electron chi connectivity index (χ4n) is 4.23. The first-order valence-electron chi connectivity index (χ1n) is 11.3. The Hall–Kier alpha value is -3.08. The van der Waals surface area contributed by atoms with Crippen molar-refractivity contribution < 1.29 is 19.1 Å². The highest BCUT2D eigenvalue weighted by atomic mass is 35.5. The molecule has 11 heteroatoms. The second-order valence-corrected chi connectivity index (χ2v) is 9.81. The number of hydrogen-bond acceptors (Lipinski definition) is 8. The predicted octanol–water partition coefficient (Wildman–Crippen LogP) is 3.49.